The Bertz CT molecular complexity index is 346. The Morgan fingerprint density at radius 2 is 2.40 bits per heavy atom. The van der Waals surface area contributed by atoms with Crippen LogP contribution in [0.2, 0.25) is 5.02 Å². The number of pyridine rings is 1. The van der Waals surface area contributed by atoms with Gasteiger partial charge < -0.3 is 5.73 Å². The fourth-order valence-corrected chi connectivity index (χ4v) is 2.81. The van der Waals surface area contributed by atoms with Crippen molar-refractivity contribution in [1.82, 2.24) is 4.98 Å². The van der Waals surface area contributed by atoms with Crippen LogP contribution in [0.5, 0.6) is 0 Å². The summed E-state index contributed by atoms with van der Waals surface area (Å²) in [6.45, 7) is 1.99. The fraction of sp³-hybridized carbons (Fsp3) is 0.500. The van der Waals surface area contributed by atoms with E-state index in [9.17, 15) is 4.21 Å². The number of halogens is 1. The summed E-state index contributed by atoms with van der Waals surface area (Å²) in [6.07, 6.45) is 4.06. The Balaban J connectivity index is 2.55. The summed E-state index contributed by atoms with van der Waals surface area (Å²) in [5.41, 5.74) is 6.60. The van der Waals surface area contributed by atoms with Crippen LogP contribution < -0.4 is 5.73 Å². The molecule has 0 aliphatic rings. The molecular formula is C10H15ClN2OS. The lowest BCUT2D eigenvalue weighted by Gasteiger charge is -2.08. The minimum Gasteiger partial charge on any atom is -0.327 e. The second-order valence-corrected chi connectivity index (χ2v) is 5.30. The standard InChI is InChI=1S/C10H15ClN2OS/c1-2-9(12)7-15(14)6-8-3-4-13-5-10(8)11/h3-5,9H,2,6-7,12H2,1H3. The van der Waals surface area contributed by atoms with E-state index in [2.05, 4.69) is 4.98 Å². The molecule has 1 aromatic rings. The minimum absolute atomic E-state index is 0.00597. The van der Waals surface area contributed by atoms with Gasteiger partial charge in [-0.05, 0) is 18.1 Å². The van der Waals surface area contributed by atoms with Crippen molar-refractivity contribution in [2.75, 3.05) is 5.75 Å². The highest BCUT2D eigenvalue weighted by Crippen LogP contribution is 2.15. The predicted octanol–water partition coefficient (Wildman–Crippen LogP) is 1.72. The highest BCUT2D eigenvalue weighted by Gasteiger charge is 2.09. The molecule has 3 nitrogen and oxygen atoms in total. The average Bonchev–Trinajstić information content (AvgIpc) is 2.21. The van der Waals surface area contributed by atoms with Crippen molar-refractivity contribution in [3.63, 3.8) is 0 Å². The number of hydrogen-bond donors (Lipinski definition) is 1. The van der Waals surface area contributed by atoms with Gasteiger partial charge in [0.1, 0.15) is 0 Å². The molecule has 0 saturated carbocycles. The van der Waals surface area contributed by atoms with E-state index >= 15 is 0 Å². The molecule has 2 atom stereocenters. The Morgan fingerprint density at radius 1 is 1.67 bits per heavy atom. The molecule has 0 aliphatic carbocycles. The number of aromatic nitrogens is 1. The van der Waals surface area contributed by atoms with Gasteiger partial charge >= 0.3 is 0 Å². The second-order valence-electron chi connectivity index (χ2n) is 3.39. The molecule has 1 heterocycles. The second kappa shape index (κ2) is 6.20. The Morgan fingerprint density at radius 3 is 3.00 bits per heavy atom. The van der Waals surface area contributed by atoms with E-state index in [1.807, 2.05) is 6.92 Å². The number of rotatable bonds is 5. The van der Waals surface area contributed by atoms with E-state index in [1.165, 1.54) is 0 Å². The number of hydrogen-bond acceptors (Lipinski definition) is 3. The molecule has 5 heteroatoms. The summed E-state index contributed by atoms with van der Waals surface area (Å²) < 4.78 is 11.7. The van der Waals surface area contributed by atoms with E-state index in [-0.39, 0.29) is 6.04 Å². The van der Waals surface area contributed by atoms with E-state index in [1.54, 1.807) is 18.5 Å². The van der Waals surface area contributed by atoms with Crippen molar-refractivity contribution in [3.05, 3.63) is 29.0 Å². The van der Waals surface area contributed by atoms with Crippen molar-refractivity contribution >= 4 is 22.4 Å². The highest BCUT2D eigenvalue weighted by atomic mass is 35.5. The monoisotopic (exact) mass is 246 g/mol. The van der Waals surface area contributed by atoms with Gasteiger partial charge in [-0.15, -0.1) is 0 Å². The van der Waals surface area contributed by atoms with Gasteiger partial charge in [0.2, 0.25) is 0 Å². The van der Waals surface area contributed by atoms with Crippen molar-refractivity contribution in [3.8, 4) is 0 Å². The van der Waals surface area contributed by atoms with Gasteiger partial charge in [-0.25, -0.2) is 0 Å². The SMILES string of the molecule is CCC(N)CS(=O)Cc1ccncc1Cl. The molecule has 0 spiro atoms. The zero-order valence-electron chi connectivity index (χ0n) is 8.65. The van der Waals surface area contributed by atoms with Crippen LogP contribution in [0.1, 0.15) is 18.9 Å². The van der Waals surface area contributed by atoms with Gasteiger partial charge in [0.15, 0.2) is 0 Å². The maximum absolute atomic E-state index is 11.7. The third-order valence-electron chi connectivity index (χ3n) is 2.10. The van der Waals surface area contributed by atoms with Crippen LogP contribution in [0, 0.1) is 0 Å². The highest BCUT2D eigenvalue weighted by molar-refractivity contribution is 7.84. The lowest BCUT2D eigenvalue weighted by atomic mass is 10.3. The number of nitrogens with zero attached hydrogens (tertiary/aromatic N) is 1. The summed E-state index contributed by atoms with van der Waals surface area (Å²) in [6, 6.07) is 1.80. The van der Waals surface area contributed by atoms with Crippen LogP contribution in [0.3, 0.4) is 0 Å². The smallest absolute Gasteiger partial charge is 0.0630 e. The first-order valence-corrected chi connectivity index (χ1v) is 6.69. The van der Waals surface area contributed by atoms with Crippen LogP contribution in [-0.2, 0) is 16.6 Å². The van der Waals surface area contributed by atoms with E-state index < -0.39 is 10.8 Å². The van der Waals surface area contributed by atoms with Gasteiger partial charge in [0, 0.05) is 35.0 Å². The van der Waals surface area contributed by atoms with Crippen molar-refractivity contribution in [2.24, 2.45) is 5.73 Å². The molecule has 84 valence electrons. The predicted molar refractivity (Wildman–Crippen MR) is 64.2 cm³/mol. The normalized spacial score (nSPS) is 14.9. The first kappa shape index (κ1) is 12.6. The molecule has 2 unspecified atom stereocenters. The lowest BCUT2D eigenvalue weighted by molar-refractivity contribution is 0.663. The Hall–Kier alpha value is -0.450. The van der Waals surface area contributed by atoms with Gasteiger partial charge in [0.25, 0.3) is 0 Å². The maximum atomic E-state index is 11.7. The van der Waals surface area contributed by atoms with Crippen LogP contribution in [0.4, 0.5) is 0 Å². The molecule has 0 aliphatic heterocycles. The Labute approximate surface area is 97.5 Å². The van der Waals surface area contributed by atoms with Crippen molar-refractivity contribution in [2.45, 2.75) is 25.1 Å². The summed E-state index contributed by atoms with van der Waals surface area (Å²) in [7, 11) is -0.948. The van der Waals surface area contributed by atoms with Crippen LogP contribution in [0.25, 0.3) is 0 Å². The summed E-state index contributed by atoms with van der Waals surface area (Å²) in [5.74, 6) is 0.976. The van der Waals surface area contributed by atoms with Crippen LogP contribution in [0.15, 0.2) is 18.5 Å². The molecule has 0 aromatic carbocycles. The molecule has 1 rings (SSSR count). The fourth-order valence-electron chi connectivity index (χ4n) is 1.11. The average molecular weight is 247 g/mol. The quantitative estimate of drug-likeness (QED) is 0.861. The summed E-state index contributed by atoms with van der Waals surface area (Å²) in [4.78, 5) is 3.87. The molecule has 0 saturated heterocycles. The molecular weight excluding hydrogens is 232 g/mol. The third kappa shape index (κ3) is 4.28. The van der Waals surface area contributed by atoms with Crippen molar-refractivity contribution < 1.29 is 4.21 Å². The third-order valence-corrected chi connectivity index (χ3v) is 3.87. The molecule has 0 radical (unpaired) electrons. The first-order chi connectivity index (χ1) is 7.13. The van der Waals surface area contributed by atoms with E-state index in [4.69, 9.17) is 17.3 Å². The van der Waals surface area contributed by atoms with Crippen molar-refractivity contribution in [1.29, 1.82) is 0 Å². The Kier molecular flexibility index (Phi) is 5.22. The maximum Gasteiger partial charge on any atom is 0.0630 e. The minimum atomic E-state index is -0.948. The number of nitrogens with two attached hydrogens (primary N) is 1. The summed E-state index contributed by atoms with van der Waals surface area (Å²) >= 11 is 5.91. The van der Waals surface area contributed by atoms with Gasteiger partial charge in [-0.1, -0.05) is 18.5 Å². The largest absolute Gasteiger partial charge is 0.327 e. The summed E-state index contributed by atoms with van der Waals surface area (Å²) in [5, 5.41) is 0.566. The van der Waals surface area contributed by atoms with Gasteiger partial charge in [0.05, 0.1) is 10.8 Å². The molecule has 0 bridgehead atoms. The van der Waals surface area contributed by atoms with E-state index in [0.29, 0.717) is 16.5 Å². The lowest BCUT2D eigenvalue weighted by Crippen LogP contribution is -2.26. The molecule has 1 aromatic heterocycles. The zero-order chi connectivity index (χ0) is 11.3. The van der Waals surface area contributed by atoms with Crippen LogP contribution in [-0.4, -0.2) is 21.0 Å². The van der Waals surface area contributed by atoms with Gasteiger partial charge in [-0.2, -0.15) is 0 Å². The molecule has 2 N–H and O–H groups in total. The van der Waals surface area contributed by atoms with E-state index in [0.717, 1.165) is 12.0 Å². The molecule has 0 amide bonds. The molecule has 0 fully saturated rings. The topological polar surface area (TPSA) is 56.0 Å². The first-order valence-electron chi connectivity index (χ1n) is 4.82. The van der Waals surface area contributed by atoms with Gasteiger partial charge in [-0.3, -0.25) is 9.19 Å². The zero-order valence-corrected chi connectivity index (χ0v) is 10.2. The molecule has 15 heavy (non-hydrogen) atoms. The van der Waals surface area contributed by atoms with Crippen LogP contribution >= 0.6 is 11.6 Å².